The molecule has 0 aromatic heterocycles. The smallest absolute Gasteiger partial charge is 0.237 e. The number of aryl methyl sites for hydroxylation is 1. The molecule has 2 rings (SSSR count). The van der Waals surface area contributed by atoms with E-state index >= 15 is 0 Å². The second-order valence-electron chi connectivity index (χ2n) is 4.94. The van der Waals surface area contributed by atoms with Crippen molar-refractivity contribution in [2.24, 2.45) is 5.73 Å². The largest absolute Gasteiger partial charge is 0.351 e. The summed E-state index contributed by atoms with van der Waals surface area (Å²) in [6.45, 7) is 0.485. The van der Waals surface area contributed by atoms with Gasteiger partial charge in [-0.1, -0.05) is 64.5 Å². The van der Waals surface area contributed by atoms with Crippen LogP contribution in [-0.2, 0) is 17.8 Å². The van der Waals surface area contributed by atoms with Gasteiger partial charge in [-0.2, -0.15) is 0 Å². The van der Waals surface area contributed by atoms with E-state index in [4.69, 9.17) is 5.73 Å². The number of rotatable bonds is 6. The van der Waals surface area contributed by atoms with E-state index in [1.807, 2.05) is 54.6 Å². The first-order chi connectivity index (χ1) is 10.2. The lowest BCUT2D eigenvalue weighted by atomic mass is 10.1. The Hall–Kier alpha value is -1.65. The number of amides is 1. The molecule has 0 fully saturated rings. The first-order valence-corrected chi connectivity index (χ1v) is 7.77. The quantitative estimate of drug-likeness (QED) is 0.844. The number of carbonyl (C=O) groups is 1. The van der Waals surface area contributed by atoms with Gasteiger partial charge < -0.3 is 11.1 Å². The molecule has 0 aliphatic heterocycles. The molecule has 2 aromatic carbocycles. The predicted molar refractivity (Wildman–Crippen MR) is 88.7 cm³/mol. The van der Waals surface area contributed by atoms with Gasteiger partial charge in [0.15, 0.2) is 0 Å². The van der Waals surface area contributed by atoms with Crippen molar-refractivity contribution in [2.45, 2.75) is 25.4 Å². The second kappa shape index (κ2) is 7.96. The molecule has 4 heteroatoms. The van der Waals surface area contributed by atoms with Crippen LogP contribution in [0.5, 0.6) is 0 Å². The molecular weight excluding hydrogens is 328 g/mol. The normalized spacial score (nSPS) is 11.9. The highest BCUT2D eigenvalue weighted by atomic mass is 79.9. The summed E-state index contributed by atoms with van der Waals surface area (Å²) in [6.07, 6.45) is 1.45. The third-order valence-corrected chi connectivity index (χ3v) is 4.11. The van der Waals surface area contributed by atoms with Crippen LogP contribution in [0, 0.1) is 0 Å². The summed E-state index contributed by atoms with van der Waals surface area (Å²) in [5, 5.41) is 2.88. The summed E-state index contributed by atoms with van der Waals surface area (Å²) in [5.41, 5.74) is 8.19. The van der Waals surface area contributed by atoms with E-state index in [1.165, 1.54) is 5.56 Å². The molecule has 0 bridgehead atoms. The van der Waals surface area contributed by atoms with Gasteiger partial charge in [0.1, 0.15) is 0 Å². The van der Waals surface area contributed by atoms with Crippen molar-refractivity contribution in [3.05, 3.63) is 70.2 Å². The van der Waals surface area contributed by atoms with Crippen molar-refractivity contribution in [1.82, 2.24) is 5.32 Å². The number of nitrogens with one attached hydrogen (secondary N) is 1. The van der Waals surface area contributed by atoms with Crippen molar-refractivity contribution in [3.63, 3.8) is 0 Å². The molecule has 21 heavy (non-hydrogen) atoms. The molecule has 3 nitrogen and oxygen atoms in total. The Morgan fingerprint density at radius 3 is 2.48 bits per heavy atom. The molecule has 0 radical (unpaired) electrons. The summed E-state index contributed by atoms with van der Waals surface area (Å²) in [7, 11) is 0. The summed E-state index contributed by atoms with van der Waals surface area (Å²) in [4.78, 5) is 12.0. The van der Waals surface area contributed by atoms with Crippen LogP contribution in [0.2, 0.25) is 0 Å². The van der Waals surface area contributed by atoms with E-state index in [0.29, 0.717) is 13.0 Å². The van der Waals surface area contributed by atoms with E-state index in [2.05, 4.69) is 21.2 Å². The van der Waals surface area contributed by atoms with Gasteiger partial charge >= 0.3 is 0 Å². The highest BCUT2D eigenvalue weighted by molar-refractivity contribution is 9.10. The minimum atomic E-state index is -0.479. The van der Waals surface area contributed by atoms with Crippen molar-refractivity contribution in [3.8, 4) is 0 Å². The monoisotopic (exact) mass is 346 g/mol. The molecule has 0 saturated heterocycles. The van der Waals surface area contributed by atoms with Crippen LogP contribution < -0.4 is 11.1 Å². The number of halogens is 1. The highest BCUT2D eigenvalue weighted by Gasteiger charge is 2.13. The summed E-state index contributed by atoms with van der Waals surface area (Å²) < 4.78 is 0.989. The number of hydrogen-bond donors (Lipinski definition) is 2. The van der Waals surface area contributed by atoms with E-state index in [1.54, 1.807) is 0 Å². The molecule has 3 N–H and O–H groups in total. The molecule has 0 saturated carbocycles. The molecule has 1 atom stereocenters. The Morgan fingerprint density at radius 1 is 1.10 bits per heavy atom. The van der Waals surface area contributed by atoms with Crippen LogP contribution in [0.3, 0.4) is 0 Å². The van der Waals surface area contributed by atoms with Gasteiger partial charge in [-0.25, -0.2) is 0 Å². The molecule has 0 aliphatic carbocycles. The molecule has 0 unspecified atom stereocenters. The van der Waals surface area contributed by atoms with Gasteiger partial charge in [0.05, 0.1) is 6.04 Å². The van der Waals surface area contributed by atoms with Crippen LogP contribution in [0.15, 0.2) is 59.1 Å². The zero-order valence-electron chi connectivity index (χ0n) is 11.8. The fourth-order valence-corrected chi connectivity index (χ4v) is 2.48. The van der Waals surface area contributed by atoms with Gasteiger partial charge in [-0.05, 0) is 30.0 Å². The lowest BCUT2D eigenvalue weighted by molar-refractivity contribution is -0.122. The Balaban J connectivity index is 1.79. The zero-order valence-corrected chi connectivity index (χ0v) is 13.3. The van der Waals surface area contributed by atoms with Crippen molar-refractivity contribution in [1.29, 1.82) is 0 Å². The third kappa shape index (κ3) is 4.99. The fourth-order valence-electron chi connectivity index (χ4n) is 2.05. The third-order valence-electron chi connectivity index (χ3n) is 3.33. The molecule has 0 aliphatic rings. The van der Waals surface area contributed by atoms with E-state index in [9.17, 15) is 4.79 Å². The maximum absolute atomic E-state index is 12.0. The van der Waals surface area contributed by atoms with Gasteiger partial charge in [0.25, 0.3) is 0 Å². The first kappa shape index (κ1) is 15.7. The minimum absolute atomic E-state index is 0.110. The fraction of sp³-hybridized carbons (Fsp3) is 0.235. The Kier molecular flexibility index (Phi) is 5.96. The lowest BCUT2D eigenvalue weighted by Gasteiger charge is -2.13. The highest BCUT2D eigenvalue weighted by Crippen LogP contribution is 2.15. The first-order valence-electron chi connectivity index (χ1n) is 6.97. The molecule has 110 valence electrons. The maximum Gasteiger partial charge on any atom is 0.237 e. The van der Waals surface area contributed by atoms with Gasteiger partial charge in [-0.15, -0.1) is 0 Å². The van der Waals surface area contributed by atoms with E-state index in [0.717, 1.165) is 16.5 Å². The molecular formula is C17H19BrN2O. The maximum atomic E-state index is 12.0. The Morgan fingerprint density at radius 2 is 1.76 bits per heavy atom. The number of carbonyl (C=O) groups excluding carboxylic acids is 1. The molecule has 0 spiro atoms. The average molecular weight is 347 g/mol. The van der Waals surface area contributed by atoms with E-state index < -0.39 is 6.04 Å². The lowest BCUT2D eigenvalue weighted by Crippen LogP contribution is -2.40. The van der Waals surface area contributed by atoms with Crippen molar-refractivity contribution in [2.75, 3.05) is 0 Å². The van der Waals surface area contributed by atoms with Crippen LogP contribution in [0.25, 0.3) is 0 Å². The van der Waals surface area contributed by atoms with Crippen molar-refractivity contribution < 1.29 is 4.79 Å². The SMILES string of the molecule is N[C@@H](CCc1ccccc1)C(=O)NCc1ccccc1Br. The summed E-state index contributed by atoms with van der Waals surface area (Å²) in [6, 6.07) is 17.4. The summed E-state index contributed by atoms with van der Waals surface area (Å²) in [5.74, 6) is -0.110. The summed E-state index contributed by atoms with van der Waals surface area (Å²) >= 11 is 3.46. The van der Waals surface area contributed by atoms with Crippen LogP contribution in [-0.4, -0.2) is 11.9 Å². The van der Waals surface area contributed by atoms with Crippen molar-refractivity contribution >= 4 is 21.8 Å². The van der Waals surface area contributed by atoms with Crippen LogP contribution in [0.4, 0.5) is 0 Å². The minimum Gasteiger partial charge on any atom is -0.351 e. The topological polar surface area (TPSA) is 55.1 Å². The molecule has 2 aromatic rings. The standard InChI is InChI=1S/C17H19BrN2O/c18-15-9-5-4-8-14(15)12-20-17(21)16(19)11-10-13-6-2-1-3-7-13/h1-9,16H,10-12,19H2,(H,20,21)/t16-/m0/s1. The zero-order chi connectivity index (χ0) is 15.1. The molecule has 0 heterocycles. The Labute approximate surface area is 133 Å². The predicted octanol–water partition coefficient (Wildman–Crippen LogP) is 3.03. The van der Waals surface area contributed by atoms with Gasteiger partial charge in [0.2, 0.25) is 5.91 Å². The average Bonchev–Trinajstić information content (AvgIpc) is 2.52. The van der Waals surface area contributed by atoms with Gasteiger partial charge in [0, 0.05) is 11.0 Å². The van der Waals surface area contributed by atoms with E-state index in [-0.39, 0.29) is 5.91 Å². The number of hydrogen-bond acceptors (Lipinski definition) is 2. The number of benzene rings is 2. The number of nitrogens with two attached hydrogens (primary N) is 1. The van der Waals surface area contributed by atoms with Crippen LogP contribution >= 0.6 is 15.9 Å². The molecule has 1 amide bonds. The van der Waals surface area contributed by atoms with Crippen LogP contribution in [0.1, 0.15) is 17.5 Å². The van der Waals surface area contributed by atoms with Gasteiger partial charge in [-0.3, -0.25) is 4.79 Å². The Bertz CT molecular complexity index is 586. The second-order valence-corrected chi connectivity index (χ2v) is 5.79.